The van der Waals surface area contributed by atoms with Gasteiger partial charge >= 0.3 is 0 Å². The maximum absolute atomic E-state index is 10.6. The predicted octanol–water partition coefficient (Wildman–Crippen LogP) is 4.98. The van der Waals surface area contributed by atoms with E-state index in [1.807, 2.05) is 30.3 Å². The maximum Gasteiger partial charge on any atom is 0.204 e. The third-order valence-corrected chi connectivity index (χ3v) is 5.02. The van der Waals surface area contributed by atoms with Crippen LogP contribution in [0, 0.1) is 0 Å². The molecule has 2 aromatic carbocycles. The number of hydrogen-bond acceptors (Lipinski definition) is 4. The molecule has 0 aliphatic rings. The van der Waals surface area contributed by atoms with Crippen LogP contribution in [0.3, 0.4) is 0 Å². The first-order valence-corrected chi connectivity index (χ1v) is 8.71. The smallest absolute Gasteiger partial charge is 0.204 e. The average molecular weight is 458 g/mol. The molecule has 0 spiro atoms. The van der Waals surface area contributed by atoms with Gasteiger partial charge < -0.3 is 19.3 Å². The predicted molar refractivity (Wildman–Crippen MR) is 102 cm³/mol. The van der Waals surface area contributed by atoms with E-state index < -0.39 is 6.10 Å². The molecule has 24 heavy (non-hydrogen) atoms. The molecule has 2 rings (SSSR count). The van der Waals surface area contributed by atoms with Crippen molar-refractivity contribution in [3.8, 4) is 17.2 Å². The summed E-state index contributed by atoms with van der Waals surface area (Å²) in [6.45, 7) is 0. The molecule has 2 aromatic rings. The monoisotopic (exact) mass is 456 g/mol. The quantitative estimate of drug-likeness (QED) is 0.664. The zero-order chi connectivity index (χ0) is 17.7. The summed E-state index contributed by atoms with van der Waals surface area (Å²) in [5.74, 6) is 1.43. The van der Waals surface area contributed by atoms with Gasteiger partial charge in [0.25, 0.3) is 0 Å². The van der Waals surface area contributed by atoms with E-state index in [0.29, 0.717) is 27.3 Å². The lowest BCUT2D eigenvalue weighted by atomic mass is 10.1. The molecular weight excluding hydrogens is 440 g/mol. The second kappa shape index (κ2) is 8.55. The van der Waals surface area contributed by atoms with Gasteiger partial charge in [0.1, 0.15) is 0 Å². The van der Waals surface area contributed by atoms with E-state index in [-0.39, 0.29) is 0 Å². The van der Waals surface area contributed by atoms with Crippen LogP contribution in [0.4, 0.5) is 0 Å². The Labute approximate surface area is 158 Å². The second-order valence-electron chi connectivity index (χ2n) is 4.87. The summed E-state index contributed by atoms with van der Waals surface area (Å²) in [6.07, 6.45) is 2.70. The van der Waals surface area contributed by atoms with Crippen molar-refractivity contribution in [3.63, 3.8) is 0 Å². The molecule has 1 unspecified atom stereocenters. The molecule has 1 atom stereocenters. The van der Waals surface area contributed by atoms with Gasteiger partial charge in [-0.3, -0.25) is 0 Å². The average Bonchev–Trinajstić information content (AvgIpc) is 2.60. The fourth-order valence-corrected chi connectivity index (χ4v) is 3.37. The fraction of sp³-hybridized carbons (Fsp3) is 0.222. The number of ether oxygens (including phenoxy) is 3. The Bertz CT molecular complexity index is 744. The zero-order valence-electron chi connectivity index (χ0n) is 13.5. The molecule has 0 fully saturated rings. The van der Waals surface area contributed by atoms with Gasteiger partial charge in [-0.15, -0.1) is 0 Å². The normalized spacial score (nSPS) is 12.2. The molecule has 1 N–H and O–H groups in total. The minimum Gasteiger partial charge on any atom is -0.493 e. The van der Waals surface area contributed by atoms with Crippen molar-refractivity contribution >= 4 is 37.9 Å². The minimum atomic E-state index is -0.847. The molecule has 0 radical (unpaired) electrons. The van der Waals surface area contributed by atoms with Crippen LogP contribution in [0.1, 0.15) is 17.2 Å². The molecular formula is C18H18Br2O4. The molecule has 0 aliphatic carbocycles. The second-order valence-corrected chi connectivity index (χ2v) is 6.52. The van der Waals surface area contributed by atoms with Crippen LogP contribution in [0.2, 0.25) is 0 Å². The minimum absolute atomic E-state index is 0.470. The Morgan fingerprint density at radius 2 is 1.67 bits per heavy atom. The lowest BCUT2D eigenvalue weighted by Gasteiger charge is -2.18. The van der Waals surface area contributed by atoms with Crippen molar-refractivity contribution in [2.75, 3.05) is 21.3 Å². The standard InChI is InChI=1S/C18H18Br2O4/c1-22-15-10-12(16(20)18(24-3)17(15)23-2)14(21)9-8-11-6-4-5-7-13(11)19/h4-10,14,21H,1-3H3/b9-8+. The lowest BCUT2D eigenvalue weighted by Crippen LogP contribution is -2.02. The third kappa shape index (κ3) is 3.94. The summed E-state index contributed by atoms with van der Waals surface area (Å²) in [4.78, 5) is 0. The fourth-order valence-electron chi connectivity index (χ4n) is 2.26. The highest BCUT2D eigenvalue weighted by Gasteiger charge is 2.21. The molecule has 6 heteroatoms. The number of aliphatic hydroxyl groups is 1. The van der Waals surface area contributed by atoms with Crippen molar-refractivity contribution in [1.29, 1.82) is 0 Å². The molecule has 128 valence electrons. The van der Waals surface area contributed by atoms with Crippen LogP contribution >= 0.6 is 31.9 Å². The summed E-state index contributed by atoms with van der Waals surface area (Å²) < 4.78 is 17.6. The van der Waals surface area contributed by atoms with Gasteiger partial charge in [0.15, 0.2) is 11.5 Å². The van der Waals surface area contributed by atoms with Gasteiger partial charge in [0, 0.05) is 10.0 Å². The number of methoxy groups -OCH3 is 3. The van der Waals surface area contributed by atoms with Gasteiger partial charge in [-0.2, -0.15) is 0 Å². The van der Waals surface area contributed by atoms with Crippen LogP contribution in [-0.4, -0.2) is 26.4 Å². The third-order valence-electron chi connectivity index (χ3n) is 3.48. The van der Waals surface area contributed by atoms with Crippen molar-refractivity contribution in [2.45, 2.75) is 6.10 Å². The molecule has 0 aromatic heterocycles. The molecule has 0 aliphatic heterocycles. The zero-order valence-corrected chi connectivity index (χ0v) is 16.7. The van der Waals surface area contributed by atoms with Crippen molar-refractivity contribution in [3.05, 3.63) is 56.5 Å². The van der Waals surface area contributed by atoms with E-state index in [0.717, 1.165) is 10.0 Å². The van der Waals surface area contributed by atoms with Gasteiger partial charge in [0.2, 0.25) is 5.75 Å². The largest absolute Gasteiger partial charge is 0.493 e. The van der Waals surface area contributed by atoms with Crippen LogP contribution < -0.4 is 14.2 Å². The van der Waals surface area contributed by atoms with Crippen molar-refractivity contribution in [1.82, 2.24) is 0 Å². The first-order valence-electron chi connectivity index (χ1n) is 7.12. The number of benzene rings is 2. The summed E-state index contributed by atoms with van der Waals surface area (Å²) in [5, 5.41) is 10.6. The summed E-state index contributed by atoms with van der Waals surface area (Å²) in [6, 6.07) is 9.50. The van der Waals surface area contributed by atoms with Crippen LogP contribution in [-0.2, 0) is 0 Å². The van der Waals surface area contributed by atoms with Crippen LogP contribution in [0.25, 0.3) is 6.08 Å². The first kappa shape index (κ1) is 18.8. The van der Waals surface area contributed by atoms with E-state index in [2.05, 4.69) is 31.9 Å². The van der Waals surface area contributed by atoms with Crippen molar-refractivity contribution < 1.29 is 19.3 Å². The molecule has 0 saturated heterocycles. The number of hydrogen-bond donors (Lipinski definition) is 1. The van der Waals surface area contributed by atoms with Crippen molar-refractivity contribution in [2.24, 2.45) is 0 Å². The van der Waals surface area contributed by atoms with Gasteiger partial charge in [0.05, 0.1) is 31.9 Å². The molecule has 0 heterocycles. The lowest BCUT2D eigenvalue weighted by molar-refractivity contribution is 0.226. The van der Waals surface area contributed by atoms with E-state index in [9.17, 15) is 5.11 Å². The number of halogens is 2. The van der Waals surface area contributed by atoms with Crippen LogP contribution in [0.15, 0.2) is 45.4 Å². The van der Waals surface area contributed by atoms with E-state index >= 15 is 0 Å². The Kier molecular flexibility index (Phi) is 6.71. The SMILES string of the molecule is COc1cc(C(O)/C=C/c2ccccc2Br)c(Br)c(OC)c1OC. The molecule has 0 amide bonds. The van der Waals surface area contributed by atoms with Gasteiger partial charge in [-0.1, -0.05) is 46.3 Å². The number of aliphatic hydroxyl groups excluding tert-OH is 1. The summed E-state index contributed by atoms with van der Waals surface area (Å²) in [7, 11) is 4.61. The summed E-state index contributed by atoms with van der Waals surface area (Å²) >= 11 is 6.96. The first-order chi connectivity index (χ1) is 11.5. The Hall–Kier alpha value is -1.50. The summed E-state index contributed by atoms with van der Waals surface area (Å²) in [5.41, 5.74) is 1.59. The highest BCUT2D eigenvalue weighted by atomic mass is 79.9. The molecule has 4 nitrogen and oxygen atoms in total. The van der Waals surface area contributed by atoms with Gasteiger partial charge in [-0.25, -0.2) is 0 Å². The highest BCUT2D eigenvalue weighted by molar-refractivity contribution is 9.11. The molecule has 0 saturated carbocycles. The van der Waals surface area contributed by atoms with Gasteiger partial charge in [-0.05, 0) is 33.6 Å². The maximum atomic E-state index is 10.6. The Morgan fingerprint density at radius 3 is 2.25 bits per heavy atom. The Morgan fingerprint density at radius 1 is 1.00 bits per heavy atom. The van der Waals surface area contributed by atoms with E-state index in [1.54, 1.807) is 12.1 Å². The van der Waals surface area contributed by atoms with E-state index in [4.69, 9.17) is 14.2 Å². The van der Waals surface area contributed by atoms with Crippen LogP contribution in [0.5, 0.6) is 17.2 Å². The molecule has 0 bridgehead atoms. The number of rotatable bonds is 6. The highest BCUT2D eigenvalue weighted by Crippen LogP contribution is 2.46. The Balaban J connectivity index is 2.42. The topological polar surface area (TPSA) is 47.9 Å². The van der Waals surface area contributed by atoms with E-state index in [1.165, 1.54) is 21.3 Å².